The van der Waals surface area contributed by atoms with Gasteiger partial charge < -0.3 is 14.8 Å². The van der Waals surface area contributed by atoms with Gasteiger partial charge in [-0.25, -0.2) is 4.98 Å². The normalized spacial score (nSPS) is 15.4. The fourth-order valence-electron chi connectivity index (χ4n) is 4.40. The number of benzene rings is 2. The number of thioether (sulfide) groups is 1. The van der Waals surface area contributed by atoms with Gasteiger partial charge in [-0.1, -0.05) is 49.0 Å². The molecule has 180 valence electrons. The van der Waals surface area contributed by atoms with Crippen LogP contribution in [-0.4, -0.2) is 30.4 Å². The number of carbonyl (C=O) groups is 1. The zero-order chi connectivity index (χ0) is 24.8. The molecule has 1 aromatic heterocycles. The van der Waals surface area contributed by atoms with E-state index in [1.54, 1.807) is 32.4 Å². The van der Waals surface area contributed by atoms with Crippen molar-refractivity contribution in [2.75, 3.05) is 19.5 Å². The third kappa shape index (κ3) is 5.60. The largest absolute Gasteiger partial charge is 0.497 e. The van der Waals surface area contributed by atoms with Crippen LogP contribution in [0.1, 0.15) is 48.1 Å². The summed E-state index contributed by atoms with van der Waals surface area (Å²) < 4.78 is 10.6. The van der Waals surface area contributed by atoms with Crippen LogP contribution in [0, 0.1) is 11.3 Å². The Kier molecular flexibility index (Phi) is 7.94. The standard InChI is InChI=1S/C28H29N3O3S/c1-4-26(27(32)30-24-13-11-22(33-2)16-25(24)34-3)35-28-21(17-29)15-20-14-19(10-12-23(20)31-28)18-8-6-5-7-9-18/h5-9,11,13,15-16,19,26H,4,10,12,14H2,1-3H3,(H,30,32). The highest BCUT2D eigenvalue weighted by atomic mass is 32.2. The molecule has 2 atom stereocenters. The molecule has 1 aliphatic rings. The topological polar surface area (TPSA) is 84.2 Å². The summed E-state index contributed by atoms with van der Waals surface area (Å²) >= 11 is 1.35. The van der Waals surface area contributed by atoms with Crippen LogP contribution >= 0.6 is 11.8 Å². The number of nitrogens with zero attached hydrogens (tertiary/aromatic N) is 2. The van der Waals surface area contributed by atoms with E-state index in [-0.39, 0.29) is 5.91 Å². The summed E-state index contributed by atoms with van der Waals surface area (Å²) in [5.74, 6) is 1.44. The number of nitrogens with one attached hydrogen (secondary N) is 1. The lowest BCUT2D eigenvalue weighted by Crippen LogP contribution is -2.25. The van der Waals surface area contributed by atoms with Gasteiger partial charge in [-0.3, -0.25) is 4.79 Å². The van der Waals surface area contributed by atoms with Gasteiger partial charge in [0.25, 0.3) is 0 Å². The Bertz CT molecular complexity index is 1240. The second-order valence-corrected chi connectivity index (χ2v) is 9.67. The molecule has 1 heterocycles. The highest BCUT2D eigenvalue weighted by molar-refractivity contribution is 8.00. The average Bonchev–Trinajstić information content (AvgIpc) is 2.91. The molecule has 1 amide bonds. The maximum atomic E-state index is 13.1. The Balaban J connectivity index is 1.52. The van der Waals surface area contributed by atoms with Crippen LogP contribution < -0.4 is 14.8 Å². The molecular formula is C28H29N3O3S. The summed E-state index contributed by atoms with van der Waals surface area (Å²) in [7, 11) is 3.13. The zero-order valence-corrected chi connectivity index (χ0v) is 21.0. The van der Waals surface area contributed by atoms with Crippen LogP contribution in [0.25, 0.3) is 0 Å². The predicted molar refractivity (Wildman–Crippen MR) is 138 cm³/mol. The summed E-state index contributed by atoms with van der Waals surface area (Å²) in [6.07, 6.45) is 3.35. The van der Waals surface area contributed by atoms with E-state index in [0.29, 0.717) is 40.1 Å². The van der Waals surface area contributed by atoms with Crippen molar-refractivity contribution in [2.24, 2.45) is 0 Å². The molecule has 1 N–H and O–H groups in total. The van der Waals surface area contributed by atoms with Crippen LogP contribution in [0.4, 0.5) is 5.69 Å². The SMILES string of the molecule is CCC(Sc1nc2c(cc1C#N)CC(c1ccccc1)CC2)C(=O)Nc1ccc(OC)cc1OC. The number of nitriles is 1. The Labute approximate surface area is 210 Å². The fraction of sp³-hybridized carbons (Fsp3) is 0.321. The molecular weight excluding hydrogens is 458 g/mol. The molecule has 0 fully saturated rings. The number of anilines is 1. The number of amides is 1. The van der Waals surface area contributed by atoms with E-state index in [9.17, 15) is 10.1 Å². The lowest BCUT2D eigenvalue weighted by Gasteiger charge is -2.25. The molecule has 7 heteroatoms. The maximum absolute atomic E-state index is 13.1. The van der Waals surface area contributed by atoms with Crippen molar-refractivity contribution in [2.45, 2.75) is 48.8 Å². The molecule has 0 spiro atoms. The van der Waals surface area contributed by atoms with Gasteiger partial charge in [-0.2, -0.15) is 5.26 Å². The lowest BCUT2D eigenvalue weighted by molar-refractivity contribution is -0.115. The summed E-state index contributed by atoms with van der Waals surface area (Å²) in [5, 5.41) is 13.0. The first-order valence-corrected chi connectivity index (χ1v) is 12.6. The summed E-state index contributed by atoms with van der Waals surface area (Å²) in [6.45, 7) is 1.96. The second-order valence-electron chi connectivity index (χ2n) is 8.48. The predicted octanol–water partition coefficient (Wildman–Crippen LogP) is 5.75. The summed E-state index contributed by atoms with van der Waals surface area (Å²) in [6, 6.07) is 20.0. The van der Waals surface area contributed by atoms with E-state index >= 15 is 0 Å². The van der Waals surface area contributed by atoms with Gasteiger partial charge in [0.05, 0.1) is 30.7 Å². The zero-order valence-electron chi connectivity index (χ0n) is 20.2. The molecule has 2 aromatic carbocycles. The quantitative estimate of drug-likeness (QED) is 0.407. The number of carbonyl (C=O) groups excluding carboxylic acids is 1. The van der Waals surface area contributed by atoms with Crippen molar-refractivity contribution in [1.82, 2.24) is 4.98 Å². The van der Waals surface area contributed by atoms with Gasteiger partial charge in [0, 0.05) is 11.8 Å². The fourth-order valence-corrected chi connectivity index (χ4v) is 5.39. The molecule has 6 nitrogen and oxygen atoms in total. The van der Waals surface area contributed by atoms with Crippen LogP contribution in [0.15, 0.2) is 59.6 Å². The molecule has 35 heavy (non-hydrogen) atoms. The minimum absolute atomic E-state index is 0.159. The van der Waals surface area contributed by atoms with Gasteiger partial charge in [-0.15, -0.1) is 0 Å². The van der Waals surface area contributed by atoms with Crippen molar-refractivity contribution in [3.05, 3.63) is 77.0 Å². The van der Waals surface area contributed by atoms with Gasteiger partial charge in [0.15, 0.2) is 0 Å². The van der Waals surface area contributed by atoms with Crippen molar-refractivity contribution in [3.8, 4) is 17.6 Å². The van der Waals surface area contributed by atoms with Crippen molar-refractivity contribution < 1.29 is 14.3 Å². The third-order valence-corrected chi connectivity index (χ3v) is 7.69. The Hall–Kier alpha value is -3.50. The molecule has 0 bridgehead atoms. The van der Waals surface area contributed by atoms with Crippen LogP contribution in [0.3, 0.4) is 0 Å². The number of aromatic nitrogens is 1. The monoisotopic (exact) mass is 487 g/mol. The highest BCUT2D eigenvalue weighted by Gasteiger charge is 2.26. The number of methoxy groups -OCH3 is 2. The van der Waals surface area contributed by atoms with Gasteiger partial charge >= 0.3 is 0 Å². The number of pyridine rings is 1. The van der Waals surface area contributed by atoms with Gasteiger partial charge in [-0.05, 0) is 60.9 Å². The number of ether oxygens (including phenoxy) is 2. The summed E-state index contributed by atoms with van der Waals surface area (Å²) in [4.78, 5) is 18.0. The Morgan fingerprint density at radius 1 is 1.20 bits per heavy atom. The smallest absolute Gasteiger partial charge is 0.238 e. The Morgan fingerprint density at radius 3 is 2.69 bits per heavy atom. The van der Waals surface area contributed by atoms with E-state index in [1.165, 1.54) is 17.3 Å². The van der Waals surface area contributed by atoms with E-state index in [4.69, 9.17) is 14.5 Å². The molecule has 2 unspecified atom stereocenters. The van der Waals surface area contributed by atoms with E-state index in [2.05, 4.69) is 35.7 Å². The average molecular weight is 488 g/mol. The van der Waals surface area contributed by atoms with Crippen LogP contribution in [0.2, 0.25) is 0 Å². The third-order valence-electron chi connectivity index (χ3n) is 6.33. The summed E-state index contributed by atoms with van der Waals surface area (Å²) in [5.41, 5.74) is 4.59. The highest BCUT2D eigenvalue weighted by Crippen LogP contribution is 2.36. The Morgan fingerprint density at radius 2 is 2.00 bits per heavy atom. The first-order chi connectivity index (χ1) is 17.1. The van der Waals surface area contributed by atoms with Crippen molar-refractivity contribution in [3.63, 3.8) is 0 Å². The number of rotatable bonds is 8. The van der Waals surface area contributed by atoms with Crippen molar-refractivity contribution in [1.29, 1.82) is 5.26 Å². The number of hydrogen-bond acceptors (Lipinski definition) is 6. The van der Waals surface area contributed by atoms with Crippen LogP contribution in [0.5, 0.6) is 11.5 Å². The van der Waals surface area contributed by atoms with Crippen LogP contribution in [-0.2, 0) is 17.6 Å². The van der Waals surface area contributed by atoms with E-state index in [0.717, 1.165) is 30.5 Å². The molecule has 0 saturated carbocycles. The van der Waals surface area contributed by atoms with E-state index < -0.39 is 5.25 Å². The first-order valence-electron chi connectivity index (χ1n) is 11.7. The van der Waals surface area contributed by atoms with E-state index in [1.807, 2.05) is 19.1 Å². The molecule has 0 aliphatic heterocycles. The van der Waals surface area contributed by atoms with Gasteiger partial charge in [0.2, 0.25) is 5.91 Å². The minimum Gasteiger partial charge on any atom is -0.497 e. The maximum Gasteiger partial charge on any atom is 0.238 e. The number of aryl methyl sites for hydroxylation is 1. The minimum atomic E-state index is -0.403. The second kappa shape index (κ2) is 11.3. The molecule has 0 radical (unpaired) electrons. The number of hydrogen-bond donors (Lipinski definition) is 1. The molecule has 0 saturated heterocycles. The molecule has 3 aromatic rings. The first kappa shape index (κ1) is 24.6. The van der Waals surface area contributed by atoms with Crippen molar-refractivity contribution >= 4 is 23.4 Å². The lowest BCUT2D eigenvalue weighted by atomic mass is 9.82. The number of fused-ring (bicyclic) bond motifs is 1. The van der Waals surface area contributed by atoms with Gasteiger partial charge in [0.1, 0.15) is 22.6 Å². The molecule has 4 rings (SSSR count). The molecule has 1 aliphatic carbocycles.